The molecule has 12 unspecified atom stereocenters. The van der Waals surface area contributed by atoms with E-state index in [1.54, 1.807) is 0 Å². The molecule has 7 aliphatic carbocycles. The third kappa shape index (κ3) is 2.54. The smallest absolute Gasteiger partial charge is 0.344 e. The Morgan fingerprint density at radius 3 is 2.58 bits per heavy atom. The highest BCUT2D eigenvalue weighted by molar-refractivity contribution is 5.78. The van der Waals surface area contributed by atoms with Gasteiger partial charge in [-0.2, -0.15) is 0 Å². The first kappa shape index (κ1) is 19.2. The maximum Gasteiger partial charge on any atom is 0.344 e. The van der Waals surface area contributed by atoms with Crippen LogP contribution in [0.25, 0.3) is 0 Å². The second kappa shape index (κ2) is 6.60. The van der Waals surface area contributed by atoms with Crippen LogP contribution in [-0.2, 0) is 19.1 Å². The number of esters is 2. The second-order valence-electron chi connectivity index (χ2n) is 12.2. The van der Waals surface area contributed by atoms with E-state index in [0.29, 0.717) is 29.6 Å². The van der Waals surface area contributed by atoms with Crippen molar-refractivity contribution < 1.29 is 19.1 Å². The molecule has 12 atom stereocenters. The van der Waals surface area contributed by atoms with Crippen molar-refractivity contribution in [1.82, 2.24) is 0 Å². The number of ether oxygens (including phenoxy) is 2. The van der Waals surface area contributed by atoms with Crippen molar-refractivity contribution in [1.29, 1.82) is 0 Å². The minimum atomic E-state index is -0.318. The molecule has 7 rings (SSSR count). The fourth-order valence-electron chi connectivity index (χ4n) is 10.6. The van der Waals surface area contributed by atoms with Crippen LogP contribution in [0.3, 0.4) is 0 Å². The predicted octanol–water partition coefficient (Wildman–Crippen LogP) is 4.77. The van der Waals surface area contributed by atoms with Gasteiger partial charge in [-0.1, -0.05) is 25.5 Å². The van der Waals surface area contributed by atoms with Crippen LogP contribution in [0.2, 0.25) is 0 Å². The summed E-state index contributed by atoms with van der Waals surface area (Å²) in [7, 11) is 0. The molecule has 0 heterocycles. The highest BCUT2D eigenvalue weighted by Gasteiger charge is 2.63. The summed E-state index contributed by atoms with van der Waals surface area (Å²) >= 11 is 0. The fourth-order valence-corrected chi connectivity index (χ4v) is 10.6. The quantitative estimate of drug-likeness (QED) is 0.362. The minimum Gasteiger partial charge on any atom is -0.456 e. The minimum absolute atomic E-state index is 0.00803. The third-order valence-electron chi connectivity index (χ3n) is 11.4. The van der Waals surface area contributed by atoms with Gasteiger partial charge in [0.2, 0.25) is 0 Å². The lowest BCUT2D eigenvalue weighted by atomic mass is 9.69. The Morgan fingerprint density at radius 1 is 0.935 bits per heavy atom. The summed E-state index contributed by atoms with van der Waals surface area (Å²) in [5, 5.41) is 0. The van der Waals surface area contributed by atoms with Gasteiger partial charge < -0.3 is 9.47 Å². The van der Waals surface area contributed by atoms with E-state index in [2.05, 4.69) is 19.1 Å². The van der Waals surface area contributed by atoms with E-state index in [1.807, 2.05) is 0 Å². The lowest BCUT2D eigenvalue weighted by molar-refractivity contribution is -0.180. The van der Waals surface area contributed by atoms with Crippen molar-refractivity contribution in [2.75, 3.05) is 6.61 Å². The summed E-state index contributed by atoms with van der Waals surface area (Å²) in [6.07, 6.45) is 15.5. The van der Waals surface area contributed by atoms with Crippen molar-refractivity contribution in [2.24, 2.45) is 65.1 Å². The van der Waals surface area contributed by atoms with Crippen LogP contribution in [0.4, 0.5) is 0 Å². The van der Waals surface area contributed by atoms with Crippen molar-refractivity contribution in [2.45, 2.75) is 70.3 Å². The van der Waals surface area contributed by atoms with Crippen LogP contribution in [-0.4, -0.2) is 24.1 Å². The van der Waals surface area contributed by atoms with Crippen LogP contribution in [0.15, 0.2) is 12.2 Å². The van der Waals surface area contributed by atoms with Crippen LogP contribution >= 0.6 is 0 Å². The zero-order valence-electron chi connectivity index (χ0n) is 18.7. The van der Waals surface area contributed by atoms with E-state index in [-0.39, 0.29) is 30.1 Å². The van der Waals surface area contributed by atoms with Gasteiger partial charge >= 0.3 is 11.9 Å². The molecular formula is C27H36O4. The molecule has 0 aliphatic heterocycles. The summed E-state index contributed by atoms with van der Waals surface area (Å²) < 4.78 is 11.8. The molecule has 0 radical (unpaired) electrons. The molecule has 4 heteroatoms. The van der Waals surface area contributed by atoms with E-state index in [4.69, 9.17) is 9.47 Å². The first-order valence-electron chi connectivity index (χ1n) is 13.1. The molecule has 31 heavy (non-hydrogen) atoms. The lowest BCUT2D eigenvalue weighted by Gasteiger charge is -2.41. The Hall–Kier alpha value is -1.32. The van der Waals surface area contributed by atoms with Crippen LogP contribution < -0.4 is 0 Å². The van der Waals surface area contributed by atoms with Gasteiger partial charge in [0.05, 0.1) is 5.92 Å². The third-order valence-corrected chi connectivity index (χ3v) is 11.4. The summed E-state index contributed by atoms with van der Waals surface area (Å²) in [5.41, 5.74) is -0.297. The standard InChI is InChI=1S/C27H36O4/c1-2-27(12-17-11-22(27)19-5-3-4-18(17)19)31-23(28)13-30-26(29)21-10-16-9-20(21)25-15-7-6-14(8-15)24(16)25/h6-7,14-22,24-25H,2-5,8-13H2,1H3. The molecule has 0 aromatic rings. The predicted molar refractivity (Wildman–Crippen MR) is 115 cm³/mol. The fraction of sp³-hybridized carbons (Fsp3) is 0.852. The number of allylic oxidation sites excluding steroid dienone is 2. The van der Waals surface area contributed by atoms with Crippen molar-refractivity contribution >= 4 is 11.9 Å². The number of fused-ring (bicyclic) bond motifs is 14. The van der Waals surface area contributed by atoms with Gasteiger partial charge in [0, 0.05) is 5.92 Å². The number of carbonyl (C=O) groups is 2. The van der Waals surface area contributed by atoms with Gasteiger partial charge in [0.15, 0.2) is 6.61 Å². The number of carbonyl (C=O) groups excluding carboxylic acids is 2. The molecule has 6 bridgehead atoms. The Labute approximate surface area is 185 Å². The van der Waals surface area contributed by atoms with Gasteiger partial charge in [-0.15, -0.1) is 0 Å². The Morgan fingerprint density at radius 2 is 1.74 bits per heavy atom. The molecule has 6 fully saturated rings. The average Bonchev–Trinajstić information content (AvgIpc) is 3.60. The highest BCUT2D eigenvalue weighted by atomic mass is 16.6. The summed E-state index contributed by atoms with van der Waals surface area (Å²) in [6.45, 7) is 1.97. The van der Waals surface area contributed by atoms with Crippen LogP contribution in [0.1, 0.15) is 64.7 Å². The van der Waals surface area contributed by atoms with Crippen molar-refractivity contribution in [3.8, 4) is 0 Å². The van der Waals surface area contributed by atoms with Crippen molar-refractivity contribution in [3.63, 3.8) is 0 Å². The second-order valence-corrected chi connectivity index (χ2v) is 12.2. The molecule has 7 aliphatic rings. The van der Waals surface area contributed by atoms with E-state index >= 15 is 0 Å². The Bertz CT molecular complexity index is 833. The first-order valence-corrected chi connectivity index (χ1v) is 13.1. The largest absolute Gasteiger partial charge is 0.456 e. The Kier molecular flexibility index (Phi) is 4.09. The topological polar surface area (TPSA) is 52.6 Å². The molecule has 168 valence electrons. The van der Waals surface area contributed by atoms with Gasteiger partial charge in [-0.05, 0) is 105 Å². The number of hydrogen-bond acceptors (Lipinski definition) is 4. The van der Waals surface area contributed by atoms with Gasteiger partial charge in [0.1, 0.15) is 5.60 Å². The lowest BCUT2D eigenvalue weighted by Crippen LogP contribution is -2.45. The zero-order valence-corrected chi connectivity index (χ0v) is 18.7. The maximum atomic E-state index is 13.0. The number of rotatable bonds is 5. The van der Waals surface area contributed by atoms with Gasteiger partial charge in [-0.3, -0.25) is 4.79 Å². The van der Waals surface area contributed by atoms with E-state index in [0.717, 1.165) is 48.9 Å². The molecular weight excluding hydrogens is 388 g/mol. The Balaban J connectivity index is 0.972. The maximum absolute atomic E-state index is 13.0. The van der Waals surface area contributed by atoms with Gasteiger partial charge in [-0.25, -0.2) is 4.79 Å². The van der Waals surface area contributed by atoms with E-state index in [1.165, 1.54) is 38.5 Å². The monoisotopic (exact) mass is 424 g/mol. The van der Waals surface area contributed by atoms with Crippen LogP contribution in [0, 0.1) is 65.1 Å². The van der Waals surface area contributed by atoms with E-state index < -0.39 is 0 Å². The van der Waals surface area contributed by atoms with E-state index in [9.17, 15) is 9.59 Å². The molecule has 0 N–H and O–H groups in total. The molecule has 0 amide bonds. The SMILES string of the molecule is CCC1(OC(=O)COC(=O)C2CC3CC2C2C4C=CC(C4)C32)CC2CC1C1CCCC21. The van der Waals surface area contributed by atoms with Crippen LogP contribution in [0.5, 0.6) is 0 Å². The molecule has 0 aromatic heterocycles. The van der Waals surface area contributed by atoms with Crippen molar-refractivity contribution in [3.05, 3.63) is 12.2 Å². The van der Waals surface area contributed by atoms with Gasteiger partial charge in [0.25, 0.3) is 0 Å². The number of hydrogen-bond donors (Lipinski definition) is 0. The molecule has 4 nitrogen and oxygen atoms in total. The summed E-state index contributed by atoms with van der Waals surface area (Å²) in [5.74, 6) is 6.59. The summed E-state index contributed by atoms with van der Waals surface area (Å²) in [6, 6.07) is 0. The molecule has 0 spiro atoms. The average molecular weight is 425 g/mol. The zero-order chi connectivity index (χ0) is 20.9. The molecule has 0 aromatic carbocycles. The molecule has 0 saturated heterocycles. The highest BCUT2D eigenvalue weighted by Crippen LogP contribution is 2.67. The first-order chi connectivity index (χ1) is 15.1. The summed E-state index contributed by atoms with van der Waals surface area (Å²) in [4.78, 5) is 25.7. The normalized spacial score (nSPS) is 54.4. The molecule has 6 saturated carbocycles.